The molecule has 0 fully saturated rings. The lowest BCUT2D eigenvalue weighted by Crippen LogP contribution is -2.13. The molecule has 1 amide bonds. The van der Waals surface area contributed by atoms with Gasteiger partial charge in [0.1, 0.15) is 5.82 Å². The second-order valence-electron chi connectivity index (χ2n) is 5.83. The summed E-state index contributed by atoms with van der Waals surface area (Å²) in [6.07, 6.45) is 0. The minimum atomic E-state index is -0.380. The summed E-state index contributed by atoms with van der Waals surface area (Å²) in [6, 6.07) is 15.7. The summed E-state index contributed by atoms with van der Waals surface area (Å²) < 4.78 is 13.5. The Hall–Kier alpha value is -3.12. The number of hydrogen-bond acceptors (Lipinski definition) is 4. The van der Waals surface area contributed by atoms with E-state index in [0.29, 0.717) is 27.3 Å². The number of nitrogens with zero attached hydrogens (tertiary/aromatic N) is 2. The smallest absolute Gasteiger partial charge is 0.258 e. The van der Waals surface area contributed by atoms with Gasteiger partial charge >= 0.3 is 0 Å². The molecule has 0 aliphatic rings. The Bertz CT molecular complexity index is 1100. The first-order chi connectivity index (χ1) is 12.6. The highest BCUT2D eigenvalue weighted by molar-refractivity contribution is 7.14. The molecule has 0 radical (unpaired) electrons. The number of aryl methyl sites for hydroxylation is 1. The minimum absolute atomic E-state index is 0.291. The van der Waals surface area contributed by atoms with Gasteiger partial charge in [-0.3, -0.25) is 15.1 Å². The van der Waals surface area contributed by atoms with E-state index in [4.69, 9.17) is 0 Å². The number of nitrogens with one attached hydrogen (secondary N) is 1. The van der Waals surface area contributed by atoms with Gasteiger partial charge < -0.3 is 0 Å². The quantitative estimate of drug-likeness (QED) is 0.554. The highest BCUT2D eigenvalue weighted by atomic mass is 32.1. The summed E-state index contributed by atoms with van der Waals surface area (Å²) in [5.74, 6) is -0.671. The molecule has 0 aliphatic carbocycles. The van der Waals surface area contributed by atoms with Crippen molar-refractivity contribution in [3.63, 3.8) is 0 Å². The number of amides is 1. The van der Waals surface area contributed by atoms with Crippen LogP contribution >= 0.6 is 11.3 Å². The molecule has 4 nitrogen and oxygen atoms in total. The van der Waals surface area contributed by atoms with Crippen molar-refractivity contribution >= 4 is 33.3 Å². The van der Waals surface area contributed by atoms with Crippen molar-refractivity contribution in [2.45, 2.75) is 6.92 Å². The number of halogens is 1. The largest absolute Gasteiger partial charge is 0.298 e. The van der Waals surface area contributed by atoms with Gasteiger partial charge in [-0.2, -0.15) is 0 Å². The molecule has 2 aromatic heterocycles. The lowest BCUT2D eigenvalue weighted by Gasteiger charge is -2.07. The molecular formula is C20H14FN3OS. The van der Waals surface area contributed by atoms with Crippen molar-refractivity contribution in [1.29, 1.82) is 0 Å². The molecule has 0 unspecified atom stereocenters. The van der Waals surface area contributed by atoms with Crippen LogP contribution in [0.15, 0.2) is 60.0 Å². The maximum atomic E-state index is 13.5. The molecule has 1 N–H and O–H groups in total. The number of pyridine rings is 1. The van der Waals surface area contributed by atoms with Crippen molar-refractivity contribution < 1.29 is 9.18 Å². The molecule has 128 valence electrons. The fraction of sp³-hybridized carbons (Fsp3) is 0.0500. The van der Waals surface area contributed by atoms with E-state index in [9.17, 15) is 9.18 Å². The van der Waals surface area contributed by atoms with Gasteiger partial charge in [-0.1, -0.05) is 30.3 Å². The second kappa shape index (κ2) is 6.65. The zero-order valence-electron chi connectivity index (χ0n) is 13.9. The Labute approximate surface area is 153 Å². The van der Waals surface area contributed by atoms with Crippen LogP contribution in [0.2, 0.25) is 0 Å². The second-order valence-corrected chi connectivity index (χ2v) is 6.69. The molecule has 2 aromatic carbocycles. The third-order valence-electron chi connectivity index (χ3n) is 3.94. The van der Waals surface area contributed by atoms with Crippen LogP contribution in [-0.4, -0.2) is 15.9 Å². The molecule has 0 bridgehead atoms. The van der Waals surface area contributed by atoms with Crippen molar-refractivity contribution in [1.82, 2.24) is 9.97 Å². The summed E-state index contributed by atoms with van der Waals surface area (Å²) in [4.78, 5) is 21.5. The number of anilines is 1. The van der Waals surface area contributed by atoms with Crippen LogP contribution in [0.4, 0.5) is 9.52 Å². The third kappa shape index (κ3) is 3.19. The number of hydrogen-bond donors (Lipinski definition) is 1. The minimum Gasteiger partial charge on any atom is -0.298 e. The van der Waals surface area contributed by atoms with Crippen LogP contribution in [0, 0.1) is 12.7 Å². The van der Waals surface area contributed by atoms with Crippen molar-refractivity contribution in [2.75, 3.05) is 5.32 Å². The maximum absolute atomic E-state index is 13.5. The lowest BCUT2D eigenvalue weighted by molar-refractivity contribution is 0.102. The van der Waals surface area contributed by atoms with Gasteiger partial charge in [-0.15, -0.1) is 11.3 Å². The summed E-state index contributed by atoms with van der Waals surface area (Å²) >= 11 is 1.36. The molecule has 4 rings (SSSR count). The molecule has 26 heavy (non-hydrogen) atoms. The highest BCUT2D eigenvalue weighted by Gasteiger charge is 2.15. The summed E-state index contributed by atoms with van der Waals surface area (Å²) in [6.45, 7) is 1.78. The van der Waals surface area contributed by atoms with Gasteiger partial charge in [0, 0.05) is 28.1 Å². The molecule has 0 spiro atoms. The lowest BCUT2D eigenvalue weighted by atomic mass is 10.1. The molecule has 4 aromatic rings. The van der Waals surface area contributed by atoms with Crippen LogP contribution in [0.1, 0.15) is 16.1 Å². The SMILES string of the molecule is Cc1cc(C(=O)Nc2nc(-c3ccccc3)cs2)c2ccc(F)cc2n1. The number of rotatable bonds is 3. The van der Waals surface area contributed by atoms with E-state index >= 15 is 0 Å². The highest BCUT2D eigenvalue weighted by Crippen LogP contribution is 2.26. The van der Waals surface area contributed by atoms with Gasteiger partial charge in [0.2, 0.25) is 0 Å². The van der Waals surface area contributed by atoms with Gasteiger partial charge in [0.25, 0.3) is 5.91 Å². The molecule has 0 aliphatic heterocycles. The summed E-state index contributed by atoms with van der Waals surface area (Å²) in [5.41, 5.74) is 3.36. The van der Waals surface area contributed by atoms with Gasteiger partial charge in [0.15, 0.2) is 5.13 Å². The van der Waals surface area contributed by atoms with Gasteiger partial charge in [0.05, 0.1) is 16.8 Å². The van der Waals surface area contributed by atoms with E-state index in [1.165, 1.54) is 23.5 Å². The fourth-order valence-corrected chi connectivity index (χ4v) is 3.47. The van der Waals surface area contributed by atoms with Gasteiger partial charge in [-0.25, -0.2) is 9.37 Å². The van der Waals surface area contributed by atoms with Crippen LogP contribution in [0.25, 0.3) is 22.2 Å². The average molecular weight is 363 g/mol. The van der Waals surface area contributed by atoms with Crippen molar-refractivity contribution in [3.05, 3.63) is 77.1 Å². The average Bonchev–Trinajstić information content (AvgIpc) is 3.10. The monoisotopic (exact) mass is 363 g/mol. The number of carbonyl (C=O) groups is 1. The Morgan fingerprint density at radius 1 is 1.08 bits per heavy atom. The molecule has 6 heteroatoms. The number of thiazole rings is 1. The molecule has 0 saturated heterocycles. The maximum Gasteiger partial charge on any atom is 0.258 e. The van der Waals surface area contributed by atoms with E-state index in [1.807, 2.05) is 35.7 Å². The number of aromatic nitrogens is 2. The number of carbonyl (C=O) groups excluding carboxylic acids is 1. The fourth-order valence-electron chi connectivity index (χ4n) is 2.76. The number of benzene rings is 2. The van der Waals surface area contributed by atoms with E-state index < -0.39 is 0 Å². The predicted octanol–water partition coefficient (Wildman–Crippen LogP) is 5.06. The van der Waals surface area contributed by atoms with E-state index in [1.54, 1.807) is 19.1 Å². The zero-order chi connectivity index (χ0) is 18.1. The Balaban J connectivity index is 1.65. The molecule has 2 heterocycles. The summed E-state index contributed by atoms with van der Waals surface area (Å²) in [5, 5.41) is 5.85. The topological polar surface area (TPSA) is 54.9 Å². The Kier molecular flexibility index (Phi) is 4.18. The standard InChI is InChI=1S/C20H14FN3OS/c1-12-9-16(15-8-7-14(21)10-17(15)22-12)19(25)24-20-23-18(11-26-20)13-5-3-2-4-6-13/h2-11H,1H3,(H,23,24,25). The zero-order valence-corrected chi connectivity index (χ0v) is 14.7. The number of fused-ring (bicyclic) bond motifs is 1. The first-order valence-corrected chi connectivity index (χ1v) is 8.87. The predicted molar refractivity (Wildman–Crippen MR) is 102 cm³/mol. The Morgan fingerprint density at radius 2 is 1.88 bits per heavy atom. The van der Waals surface area contributed by atoms with Gasteiger partial charge in [-0.05, 0) is 25.1 Å². The molecule has 0 saturated carbocycles. The van der Waals surface area contributed by atoms with Crippen molar-refractivity contribution in [2.24, 2.45) is 0 Å². The van der Waals surface area contributed by atoms with Crippen LogP contribution < -0.4 is 5.32 Å². The normalized spacial score (nSPS) is 10.8. The van der Waals surface area contributed by atoms with Crippen molar-refractivity contribution in [3.8, 4) is 11.3 Å². The first-order valence-electron chi connectivity index (χ1n) is 7.99. The first kappa shape index (κ1) is 16.4. The Morgan fingerprint density at radius 3 is 2.69 bits per heavy atom. The van der Waals surface area contributed by atoms with Crippen LogP contribution in [-0.2, 0) is 0 Å². The van der Waals surface area contributed by atoms with E-state index in [0.717, 1.165) is 11.3 Å². The third-order valence-corrected chi connectivity index (χ3v) is 4.70. The molecular weight excluding hydrogens is 349 g/mol. The van der Waals surface area contributed by atoms with E-state index in [-0.39, 0.29) is 11.7 Å². The summed E-state index contributed by atoms with van der Waals surface area (Å²) in [7, 11) is 0. The van der Waals surface area contributed by atoms with E-state index in [2.05, 4.69) is 15.3 Å². The van der Waals surface area contributed by atoms with Crippen LogP contribution in [0.3, 0.4) is 0 Å². The van der Waals surface area contributed by atoms with Crippen LogP contribution in [0.5, 0.6) is 0 Å². The molecule has 0 atom stereocenters.